The van der Waals surface area contributed by atoms with Crippen LogP contribution < -0.4 is 5.73 Å². The number of hydrogen-bond acceptors (Lipinski definition) is 4. The quantitative estimate of drug-likeness (QED) is 0.479. The smallest absolute Gasteiger partial charge is 0.435 e. The van der Waals surface area contributed by atoms with Crippen LogP contribution in [0.1, 0.15) is 5.69 Å². The van der Waals surface area contributed by atoms with Crippen molar-refractivity contribution in [2.75, 3.05) is 0 Å². The fourth-order valence-electron chi connectivity index (χ4n) is 1.01. The van der Waals surface area contributed by atoms with Gasteiger partial charge in [-0.1, -0.05) is 0 Å². The second kappa shape index (κ2) is 4.11. The molecule has 1 aromatic heterocycles. The molecule has 1 unspecified atom stereocenters. The number of carbonyl (C=O) groups is 1. The Bertz CT molecular complexity index is 411. The number of carboxylic acid groups (broad SMARTS) is 1. The number of rotatable bonds is 4. The van der Waals surface area contributed by atoms with Crippen molar-refractivity contribution in [1.82, 2.24) is 9.32 Å². The van der Waals surface area contributed by atoms with Crippen LogP contribution in [0.15, 0.2) is 12.5 Å². The van der Waals surface area contributed by atoms with Crippen LogP contribution in [-0.2, 0) is 15.8 Å². The van der Waals surface area contributed by atoms with Gasteiger partial charge in [0.25, 0.3) is 0 Å². The highest BCUT2D eigenvalue weighted by Crippen LogP contribution is 2.37. The highest BCUT2D eigenvalue weighted by Gasteiger charge is 2.22. The van der Waals surface area contributed by atoms with Gasteiger partial charge >= 0.3 is 13.7 Å². The molecule has 0 aliphatic rings. The van der Waals surface area contributed by atoms with E-state index in [1.165, 1.54) is 6.20 Å². The molecule has 0 bridgehead atoms. The molecule has 0 spiro atoms. The van der Waals surface area contributed by atoms with Crippen LogP contribution in [0.5, 0.6) is 0 Å². The third-order valence-corrected chi connectivity index (χ3v) is 2.64. The summed E-state index contributed by atoms with van der Waals surface area (Å²) < 4.78 is 11.5. The SMILES string of the molecule is NC(Cc1cncn1P(=O)(O)O)C(=O)O. The molecule has 0 aliphatic carbocycles. The Kier molecular flexibility index (Phi) is 3.25. The largest absolute Gasteiger partial charge is 0.480 e. The molecule has 0 aromatic carbocycles. The number of nitrogens with zero attached hydrogens (tertiary/aromatic N) is 2. The predicted octanol–water partition coefficient (Wildman–Crippen LogP) is -1.22. The van der Waals surface area contributed by atoms with Crippen molar-refractivity contribution in [2.24, 2.45) is 5.73 Å². The second-order valence-corrected chi connectivity index (χ2v) is 4.35. The Hall–Kier alpha value is -1.21. The lowest BCUT2D eigenvalue weighted by Crippen LogP contribution is -2.32. The van der Waals surface area contributed by atoms with Crippen LogP contribution in [0.3, 0.4) is 0 Å². The van der Waals surface area contributed by atoms with Gasteiger partial charge in [0.05, 0.1) is 5.69 Å². The van der Waals surface area contributed by atoms with Crippen LogP contribution in [-0.4, -0.2) is 36.2 Å². The summed E-state index contributed by atoms with van der Waals surface area (Å²) in [6, 6.07) is -1.22. The Balaban J connectivity index is 2.92. The van der Waals surface area contributed by atoms with E-state index >= 15 is 0 Å². The summed E-state index contributed by atoms with van der Waals surface area (Å²) in [5.41, 5.74) is 5.31. The molecule has 0 fully saturated rings. The molecule has 0 saturated carbocycles. The van der Waals surface area contributed by atoms with Crippen LogP contribution in [0.25, 0.3) is 0 Å². The summed E-state index contributed by atoms with van der Waals surface area (Å²) in [6.45, 7) is 0. The number of imidazole rings is 1. The van der Waals surface area contributed by atoms with Gasteiger partial charge in [0, 0.05) is 12.6 Å². The second-order valence-electron chi connectivity index (χ2n) is 2.89. The van der Waals surface area contributed by atoms with Crippen molar-refractivity contribution >= 4 is 13.7 Å². The predicted molar refractivity (Wildman–Crippen MR) is 49.0 cm³/mol. The molecule has 9 heteroatoms. The number of aliphatic carboxylic acids is 1. The van der Waals surface area contributed by atoms with Crippen molar-refractivity contribution in [3.05, 3.63) is 18.2 Å². The Morgan fingerprint density at radius 3 is 2.73 bits per heavy atom. The van der Waals surface area contributed by atoms with Crippen LogP contribution in [0.2, 0.25) is 0 Å². The van der Waals surface area contributed by atoms with Crippen molar-refractivity contribution in [2.45, 2.75) is 12.5 Å². The van der Waals surface area contributed by atoms with E-state index < -0.39 is 19.8 Å². The van der Waals surface area contributed by atoms with Gasteiger partial charge in [-0.15, -0.1) is 0 Å². The maximum atomic E-state index is 10.9. The molecule has 15 heavy (non-hydrogen) atoms. The maximum absolute atomic E-state index is 10.9. The molecule has 1 rings (SSSR count). The van der Waals surface area contributed by atoms with E-state index in [2.05, 4.69) is 4.98 Å². The molecular weight excluding hydrogens is 225 g/mol. The molecule has 84 valence electrons. The van der Waals surface area contributed by atoms with Crippen molar-refractivity contribution in [3.63, 3.8) is 0 Å². The number of hydrogen-bond donors (Lipinski definition) is 4. The Morgan fingerprint density at radius 1 is 1.67 bits per heavy atom. The molecule has 8 nitrogen and oxygen atoms in total. The zero-order valence-corrected chi connectivity index (χ0v) is 8.41. The zero-order valence-electron chi connectivity index (χ0n) is 7.52. The average molecular weight is 235 g/mol. The summed E-state index contributed by atoms with van der Waals surface area (Å²) in [6.07, 6.45) is 1.91. The van der Waals surface area contributed by atoms with E-state index in [1.807, 2.05) is 0 Å². The van der Waals surface area contributed by atoms with E-state index in [0.717, 1.165) is 6.33 Å². The number of carboxylic acids is 1. The molecule has 0 amide bonds. The van der Waals surface area contributed by atoms with Gasteiger partial charge in [0.2, 0.25) is 0 Å². The fraction of sp³-hybridized carbons (Fsp3) is 0.333. The lowest BCUT2D eigenvalue weighted by atomic mass is 10.2. The van der Waals surface area contributed by atoms with Gasteiger partial charge in [-0.2, -0.15) is 0 Å². The monoisotopic (exact) mass is 235 g/mol. The van der Waals surface area contributed by atoms with Gasteiger partial charge in [-0.25, -0.2) is 13.9 Å². The van der Waals surface area contributed by atoms with E-state index in [0.29, 0.717) is 4.34 Å². The van der Waals surface area contributed by atoms with E-state index in [4.69, 9.17) is 20.6 Å². The Labute approximate surface area is 84.6 Å². The van der Waals surface area contributed by atoms with E-state index in [-0.39, 0.29) is 12.1 Å². The van der Waals surface area contributed by atoms with Gasteiger partial charge < -0.3 is 20.6 Å². The molecule has 0 radical (unpaired) electrons. The van der Waals surface area contributed by atoms with E-state index in [1.54, 1.807) is 0 Å². The molecule has 1 aromatic rings. The minimum absolute atomic E-state index is 0.0817. The molecule has 0 aliphatic heterocycles. The Morgan fingerprint density at radius 2 is 2.27 bits per heavy atom. The average Bonchev–Trinajstić information content (AvgIpc) is 2.50. The summed E-state index contributed by atoms with van der Waals surface area (Å²) in [7, 11) is -4.49. The topological polar surface area (TPSA) is 139 Å². The maximum Gasteiger partial charge on any atom is 0.435 e. The zero-order chi connectivity index (χ0) is 11.6. The molecule has 0 saturated heterocycles. The van der Waals surface area contributed by atoms with Gasteiger partial charge in [-0.3, -0.25) is 4.79 Å². The van der Waals surface area contributed by atoms with Crippen molar-refractivity contribution in [1.29, 1.82) is 0 Å². The van der Waals surface area contributed by atoms with Crippen molar-refractivity contribution in [3.8, 4) is 0 Å². The van der Waals surface area contributed by atoms with Gasteiger partial charge in [-0.05, 0) is 0 Å². The van der Waals surface area contributed by atoms with Crippen molar-refractivity contribution < 1.29 is 24.3 Å². The lowest BCUT2D eigenvalue weighted by Gasteiger charge is -2.10. The first-order valence-electron chi connectivity index (χ1n) is 3.88. The number of aromatic nitrogens is 2. The third kappa shape index (κ3) is 2.87. The van der Waals surface area contributed by atoms with E-state index in [9.17, 15) is 9.36 Å². The lowest BCUT2D eigenvalue weighted by molar-refractivity contribution is -0.138. The highest BCUT2D eigenvalue weighted by atomic mass is 31.2. The molecule has 5 N–H and O–H groups in total. The fourth-order valence-corrected chi connectivity index (χ4v) is 1.67. The molecular formula is C6H10N3O5P. The molecule has 1 heterocycles. The summed E-state index contributed by atoms with van der Waals surface area (Å²) >= 11 is 0. The number of nitrogens with two attached hydrogens (primary N) is 1. The summed E-state index contributed by atoms with van der Waals surface area (Å²) in [5.74, 6) is -1.24. The third-order valence-electron chi connectivity index (χ3n) is 1.72. The summed E-state index contributed by atoms with van der Waals surface area (Å²) in [4.78, 5) is 31.7. The first kappa shape index (κ1) is 11.9. The van der Waals surface area contributed by atoms with Gasteiger partial charge in [0.15, 0.2) is 0 Å². The van der Waals surface area contributed by atoms with Crippen LogP contribution in [0, 0.1) is 0 Å². The van der Waals surface area contributed by atoms with Crippen LogP contribution in [0.4, 0.5) is 0 Å². The minimum Gasteiger partial charge on any atom is -0.480 e. The standard InChI is InChI=1S/C6H10N3O5P/c7-5(6(10)11)1-4-2-8-3-9(4)15(12,13)14/h2-3,5H,1,7H2,(H,10,11)(H2,12,13,14). The minimum atomic E-state index is -4.49. The first-order valence-corrected chi connectivity index (χ1v) is 5.45. The highest BCUT2D eigenvalue weighted by molar-refractivity contribution is 7.50. The van der Waals surface area contributed by atoms with Crippen LogP contribution >= 0.6 is 7.75 Å². The summed E-state index contributed by atoms with van der Waals surface area (Å²) in [5, 5.41) is 8.53. The van der Waals surface area contributed by atoms with Gasteiger partial charge in [0.1, 0.15) is 12.4 Å². The normalized spacial score (nSPS) is 13.8. The first-order chi connectivity index (χ1) is 6.82. The molecule has 1 atom stereocenters.